The summed E-state index contributed by atoms with van der Waals surface area (Å²) in [7, 11) is 0. The standard InChI is InChI=1S/C15H12N2O2S/c18-12-8-6-11(7-9-12)15(10-4-2-1-3-5-10)13(19)16-14(20)17-15/h1-9,18H,(H2,16,17,19,20). The van der Waals surface area contributed by atoms with Crippen LogP contribution in [0.1, 0.15) is 11.1 Å². The van der Waals surface area contributed by atoms with E-state index in [1.807, 2.05) is 30.3 Å². The summed E-state index contributed by atoms with van der Waals surface area (Å²) >= 11 is 5.08. The number of phenols is 1. The normalized spacial score (nSPS) is 21.4. The summed E-state index contributed by atoms with van der Waals surface area (Å²) in [5, 5.41) is 15.4. The highest BCUT2D eigenvalue weighted by atomic mass is 32.1. The Labute approximate surface area is 121 Å². The molecule has 20 heavy (non-hydrogen) atoms. The van der Waals surface area contributed by atoms with Gasteiger partial charge in [0.25, 0.3) is 5.91 Å². The Morgan fingerprint density at radius 2 is 1.55 bits per heavy atom. The van der Waals surface area contributed by atoms with Crippen molar-refractivity contribution >= 4 is 23.2 Å². The van der Waals surface area contributed by atoms with Gasteiger partial charge in [-0.2, -0.15) is 0 Å². The molecule has 1 aliphatic rings. The topological polar surface area (TPSA) is 61.4 Å². The number of aromatic hydroxyl groups is 1. The highest BCUT2D eigenvalue weighted by molar-refractivity contribution is 7.80. The van der Waals surface area contributed by atoms with Crippen molar-refractivity contribution < 1.29 is 9.90 Å². The lowest BCUT2D eigenvalue weighted by Gasteiger charge is -2.27. The van der Waals surface area contributed by atoms with Crippen molar-refractivity contribution in [2.45, 2.75) is 5.54 Å². The van der Waals surface area contributed by atoms with Gasteiger partial charge in [-0.1, -0.05) is 42.5 Å². The highest BCUT2D eigenvalue weighted by Crippen LogP contribution is 2.33. The fourth-order valence-corrected chi connectivity index (χ4v) is 2.67. The van der Waals surface area contributed by atoms with Crippen LogP contribution in [0.15, 0.2) is 54.6 Å². The molecule has 1 saturated heterocycles. The Kier molecular flexibility index (Phi) is 2.91. The number of nitrogens with one attached hydrogen (secondary N) is 2. The van der Waals surface area contributed by atoms with E-state index >= 15 is 0 Å². The molecule has 3 N–H and O–H groups in total. The van der Waals surface area contributed by atoms with E-state index < -0.39 is 5.54 Å². The van der Waals surface area contributed by atoms with Gasteiger partial charge in [0.2, 0.25) is 0 Å². The third-order valence-corrected chi connectivity index (χ3v) is 3.58. The molecule has 1 atom stereocenters. The van der Waals surface area contributed by atoms with Crippen LogP contribution >= 0.6 is 12.2 Å². The molecule has 5 heteroatoms. The van der Waals surface area contributed by atoms with Crippen LogP contribution in [0.3, 0.4) is 0 Å². The maximum Gasteiger partial charge on any atom is 0.261 e. The number of amides is 1. The molecule has 0 aliphatic carbocycles. The summed E-state index contributed by atoms with van der Waals surface area (Å²) in [6.07, 6.45) is 0. The zero-order valence-electron chi connectivity index (χ0n) is 10.5. The molecular weight excluding hydrogens is 272 g/mol. The van der Waals surface area contributed by atoms with Gasteiger partial charge in [0, 0.05) is 0 Å². The van der Waals surface area contributed by atoms with Crippen LogP contribution in [0.25, 0.3) is 0 Å². The number of phenolic OH excluding ortho intramolecular Hbond substituents is 1. The van der Waals surface area contributed by atoms with Crippen LogP contribution < -0.4 is 10.6 Å². The molecule has 0 bridgehead atoms. The number of benzene rings is 2. The number of thiocarbonyl (C=S) groups is 1. The van der Waals surface area contributed by atoms with Crippen LogP contribution in [-0.2, 0) is 10.3 Å². The summed E-state index contributed by atoms with van der Waals surface area (Å²) in [5.41, 5.74) is 0.466. The number of hydrogen-bond donors (Lipinski definition) is 3. The Hall–Kier alpha value is -2.40. The van der Waals surface area contributed by atoms with Crippen molar-refractivity contribution in [2.24, 2.45) is 0 Å². The SMILES string of the molecule is O=C1NC(=S)NC1(c1ccccc1)c1ccc(O)cc1. The average Bonchev–Trinajstić information content (AvgIpc) is 2.76. The van der Waals surface area contributed by atoms with Crippen molar-refractivity contribution in [3.8, 4) is 5.75 Å². The first-order valence-corrected chi connectivity index (χ1v) is 6.52. The third kappa shape index (κ3) is 1.83. The fourth-order valence-electron chi connectivity index (χ4n) is 2.43. The molecule has 1 heterocycles. The average molecular weight is 284 g/mol. The molecule has 100 valence electrons. The summed E-state index contributed by atoms with van der Waals surface area (Å²) in [6.45, 7) is 0. The maximum atomic E-state index is 12.5. The summed E-state index contributed by atoms with van der Waals surface area (Å²) in [6, 6.07) is 15.9. The summed E-state index contributed by atoms with van der Waals surface area (Å²) in [5.74, 6) is -0.0719. The van der Waals surface area contributed by atoms with Crippen molar-refractivity contribution in [2.75, 3.05) is 0 Å². The van der Waals surface area contributed by atoms with Gasteiger partial charge >= 0.3 is 0 Å². The molecular formula is C15H12N2O2S. The molecule has 1 aliphatic heterocycles. The van der Waals surface area contributed by atoms with Crippen LogP contribution in [0.4, 0.5) is 0 Å². The van der Waals surface area contributed by atoms with E-state index in [0.29, 0.717) is 5.11 Å². The van der Waals surface area contributed by atoms with Crippen LogP contribution in [0.2, 0.25) is 0 Å². The summed E-state index contributed by atoms with van der Waals surface area (Å²) in [4.78, 5) is 12.5. The van der Waals surface area contributed by atoms with Crippen molar-refractivity contribution in [1.29, 1.82) is 0 Å². The van der Waals surface area contributed by atoms with Crippen LogP contribution in [0.5, 0.6) is 5.75 Å². The van der Waals surface area contributed by atoms with Crippen LogP contribution in [0, 0.1) is 0 Å². The minimum atomic E-state index is -1.05. The Balaban J connectivity index is 2.21. The number of rotatable bonds is 2. The van der Waals surface area contributed by atoms with Crippen molar-refractivity contribution in [1.82, 2.24) is 10.6 Å². The zero-order chi connectivity index (χ0) is 14.2. The second kappa shape index (κ2) is 4.61. The van der Waals surface area contributed by atoms with E-state index in [2.05, 4.69) is 10.6 Å². The van der Waals surface area contributed by atoms with E-state index in [-0.39, 0.29) is 11.7 Å². The van der Waals surface area contributed by atoms with Gasteiger partial charge in [0.15, 0.2) is 10.7 Å². The molecule has 1 amide bonds. The quantitative estimate of drug-likeness (QED) is 0.734. The Morgan fingerprint density at radius 1 is 0.950 bits per heavy atom. The minimum Gasteiger partial charge on any atom is -0.508 e. The lowest BCUT2D eigenvalue weighted by atomic mass is 9.83. The Bertz CT molecular complexity index is 670. The second-order valence-electron chi connectivity index (χ2n) is 4.57. The number of carbonyl (C=O) groups excluding carboxylic acids is 1. The molecule has 0 radical (unpaired) electrons. The third-order valence-electron chi connectivity index (χ3n) is 3.38. The first kappa shape index (κ1) is 12.6. The van der Waals surface area contributed by atoms with Crippen molar-refractivity contribution in [3.63, 3.8) is 0 Å². The molecule has 0 aromatic heterocycles. The van der Waals surface area contributed by atoms with Gasteiger partial charge in [0.05, 0.1) is 0 Å². The predicted molar refractivity (Wildman–Crippen MR) is 79.2 cm³/mol. The van der Waals surface area contributed by atoms with Gasteiger partial charge in [-0.3, -0.25) is 4.79 Å². The predicted octanol–water partition coefficient (Wildman–Crippen LogP) is 1.64. The first-order valence-electron chi connectivity index (χ1n) is 6.11. The van der Waals surface area contributed by atoms with E-state index in [1.165, 1.54) is 0 Å². The fraction of sp³-hybridized carbons (Fsp3) is 0.0667. The van der Waals surface area contributed by atoms with Gasteiger partial charge in [-0.25, -0.2) is 0 Å². The molecule has 2 aromatic carbocycles. The molecule has 0 saturated carbocycles. The van der Waals surface area contributed by atoms with E-state index in [0.717, 1.165) is 11.1 Å². The molecule has 2 aromatic rings. The minimum absolute atomic E-state index is 0.151. The lowest BCUT2D eigenvalue weighted by Crippen LogP contribution is -2.44. The Morgan fingerprint density at radius 3 is 2.10 bits per heavy atom. The second-order valence-corrected chi connectivity index (χ2v) is 4.98. The zero-order valence-corrected chi connectivity index (χ0v) is 11.3. The first-order chi connectivity index (χ1) is 9.63. The smallest absolute Gasteiger partial charge is 0.261 e. The highest BCUT2D eigenvalue weighted by Gasteiger charge is 2.47. The van der Waals surface area contributed by atoms with Gasteiger partial charge in [-0.05, 0) is 35.5 Å². The largest absolute Gasteiger partial charge is 0.508 e. The number of carbonyl (C=O) groups is 1. The summed E-state index contributed by atoms with van der Waals surface area (Å²) < 4.78 is 0. The van der Waals surface area contributed by atoms with E-state index in [9.17, 15) is 9.90 Å². The van der Waals surface area contributed by atoms with E-state index in [1.54, 1.807) is 24.3 Å². The maximum absolute atomic E-state index is 12.5. The molecule has 4 nitrogen and oxygen atoms in total. The molecule has 1 unspecified atom stereocenters. The van der Waals surface area contributed by atoms with Gasteiger partial charge < -0.3 is 15.7 Å². The van der Waals surface area contributed by atoms with Crippen molar-refractivity contribution in [3.05, 3.63) is 65.7 Å². The molecule has 0 spiro atoms. The number of hydrogen-bond acceptors (Lipinski definition) is 3. The lowest BCUT2D eigenvalue weighted by molar-refractivity contribution is -0.122. The van der Waals surface area contributed by atoms with E-state index in [4.69, 9.17) is 12.2 Å². The molecule has 3 rings (SSSR count). The van der Waals surface area contributed by atoms with Gasteiger partial charge in [0.1, 0.15) is 5.75 Å². The van der Waals surface area contributed by atoms with Crippen LogP contribution in [-0.4, -0.2) is 16.1 Å². The van der Waals surface area contributed by atoms with Gasteiger partial charge in [-0.15, -0.1) is 0 Å². The molecule has 1 fully saturated rings. The monoisotopic (exact) mass is 284 g/mol.